The molecule has 0 spiro atoms. The second-order valence-corrected chi connectivity index (χ2v) is 6.19. The van der Waals surface area contributed by atoms with E-state index in [1.807, 2.05) is 24.4 Å². The number of nitrogens with two attached hydrogens (primary N) is 2. The lowest BCUT2D eigenvalue weighted by Gasteiger charge is -2.24. The molecule has 4 rings (SSSR count). The van der Waals surface area contributed by atoms with Gasteiger partial charge >= 0.3 is 0 Å². The molecule has 7 nitrogen and oxygen atoms in total. The number of fused-ring (bicyclic) bond motifs is 1. The van der Waals surface area contributed by atoms with Crippen LogP contribution in [0.4, 0.5) is 11.5 Å². The molecule has 7 heteroatoms. The summed E-state index contributed by atoms with van der Waals surface area (Å²) >= 11 is 0. The average molecular weight is 339 g/mol. The minimum absolute atomic E-state index is 0.370. The lowest BCUT2D eigenvalue weighted by Crippen LogP contribution is -2.19. The van der Waals surface area contributed by atoms with Gasteiger partial charge in [-0.05, 0) is 37.1 Å². The first-order valence-electron chi connectivity index (χ1n) is 8.33. The van der Waals surface area contributed by atoms with Crippen molar-refractivity contribution in [2.75, 3.05) is 31.8 Å². The van der Waals surface area contributed by atoms with Crippen molar-refractivity contribution < 1.29 is 9.47 Å². The van der Waals surface area contributed by atoms with Crippen LogP contribution < -0.4 is 16.2 Å². The summed E-state index contributed by atoms with van der Waals surface area (Å²) in [4.78, 5) is 9.25. The van der Waals surface area contributed by atoms with Gasteiger partial charge < -0.3 is 25.5 Å². The molecule has 0 radical (unpaired) electrons. The third kappa shape index (κ3) is 2.76. The highest BCUT2D eigenvalue weighted by molar-refractivity contribution is 5.88. The van der Waals surface area contributed by atoms with Crippen molar-refractivity contribution in [2.45, 2.75) is 18.9 Å². The number of aromatic nitrogens is 3. The number of rotatable bonds is 3. The Kier molecular flexibility index (Phi) is 3.93. The lowest BCUT2D eigenvalue weighted by molar-refractivity contribution is 0.0706. The lowest BCUT2D eigenvalue weighted by atomic mass is 10.1. The molecule has 1 aromatic carbocycles. The van der Waals surface area contributed by atoms with Crippen molar-refractivity contribution in [1.82, 2.24) is 14.5 Å². The van der Waals surface area contributed by atoms with Crippen molar-refractivity contribution in [3.05, 3.63) is 30.5 Å². The summed E-state index contributed by atoms with van der Waals surface area (Å²) in [6, 6.07) is 7.84. The number of nitrogen functional groups attached to an aromatic ring is 2. The maximum atomic E-state index is 6.19. The monoisotopic (exact) mass is 339 g/mol. The fraction of sp³-hybridized carbons (Fsp3) is 0.333. The van der Waals surface area contributed by atoms with Crippen LogP contribution in [0.25, 0.3) is 22.4 Å². The molecule has 3 heterocycles. The fourth-order valence-corrected chi connectivity index (χ4v) is 3.29. The Balaban J connectivity index is 1.82. The molecule has 0 bridgehead atoms. The van der Waals surface area contributed by atoms with Crippen LogP contribution in [0, 0.1) is 0 Å². The smallest absolute Gasteiger partial charge is 0.164 e. The van der Waals surface area contributed by atoms with Gasteiger partial charge in [-0.3, -0.25) is 0 Å². The second kappa shape index (κ2) is 6.25. The van der Waals surface area contributed by atoms with E-state index in [0.717, 1.165) is 42.7 Å². The van der Waals surface area contributed by atoms with E-state index in [1.165, 1.54) is 0 Å². The molecule has 1 aliphatic heterocycles. The van der Waals surface area contributed by atoms with E-state index in [9.17, 15) is 0 Å². The summed E-state index contributed by atoms with van der Waals surface area (Å²) in [5.74, 6) is 1.64. The summed E-state index contributed by atoms with van der Waals surface area (Å²) in [5.41, 5.74) is 14.3. The highest BCUT2D eigenvalue weighted by atomic mass is 16.5. The second-order valence-electron chi connectivity index (χ2n) is 6.19. The molecule has 25 heavy (non-hydrogen) atoms. The topological polar surface area (TPSA) is 101 Å². The number of nitrogens with zero attached hydrogens (tertiary/aromatic N) is 3. The molecular formula is C18H21N5O2. The van der Waals surface area contributed by atoms with Crippen LogP contribution in [0.3, 0.4) is 0 Å². The SMILES string of the molecule is COc1cc(-c2nc(N)c3ccn(C4CCOCC4)c3n2)ccc1N. The van der Waals surface area contributed by atoms with E-state index in [4.69, 9.17) is 25.9 Å². The number of ether oxygens (including phenoxy) is 2. The van der Waals surface area contributed by atoms with Gasteiger partial charge in [-0.1, -0.05) is 0 Å². The largest absolute Gasteiger partial charge is 0.495 e. The van der Waals surface area contributed by atoms with Crippen molar-refractivity contribution in [2.24, 2.45) is 0 Å². The van der Waals surface area contributed by atoms with E-state index in [0.29, 0.717) is 29.1 Å². The minimum Gasteiger partial charge on any atom is -0.495 e. The van der Waals surface area contributed by atoms with Gasteiger partial charge in [0.05, 0.1) is 18.2 Å². The maximum absolute atomic E-state index is 6.19. The molecule has 0 aliphatic carbocycles. The fourth-order valence-electron chi connectivity index (χ4n) is 3.29. The predicted molar refractivity (Wildman–Crippen MR) is 97.4 cm³/mol. The van der Waals surface area contributed by atoms with Gasteiger partial charge in [0.1, 0.15) is 17.2 Å². The molecule has 3 aromatic rings. The van der Waals surface area contributed by atoms with Gasteiger partial charge in [0.15, 0.2) is 5.82 Å². The normalized spacial score (nSPS) is 15.6. The minimum atomic E-state index is 0.370. The van der Waals surface area contributed by atoms with Crippen LogP contribution in [-0.2, 0) is 4.74 Å². The van der Waals surface area contributed by atoms with Crippen molar-refractivity contribution in [1.29, 1.82) is 0 Å². The van der Waals surface area contributed by atoms with Crippen molar-refractivity contribution in [3.63, 3.8) is 0 Å². The van der Waals surface area contributed by atoms with E-state index in [1.54, 1.807) is 13.2 Å². The van der Waals surface area contributed by atoms with E-state index >= 15 is 0 Å². The van der Waals surface area contributed by atoms with Gasteiger partial charge in [0, 0.05) is 31.0 Å². The number of hydrogen-bond acceptors (Lipinski definition) is 6. The molecule has 1 fully saturated rings. The number of benzene rings is 1. The zero-order chi connectivity index (χ0) is 17.4. The molecule has 1 aliphatic rings. The zero-order valence-corrected chi connectivity index (χ0v) is 14.1. The predicted octanol–water partition coefficient (Wildman–Crippen LogP) is 2.62. The quantitative estimate of drug-likeness (QED) is 0.711. The molecule has 1 saturated heterocycles. The summed E-state index contributed by atoms with van der Waals surface area (Å²) in [6.45, 7) is 1.54. The highest BCUT2D eigenvalue weighted by Gasteiger charge is 2.20. The van der Waals surface area contributed by atoms with Crippen LogP contribution in [0.1, 0.15) is 18.9 Å². The van der Waals surface area contributed by atoms with Crippen LogP contribution in [0.2, 0.25) is 0 Å². The number of hydrogen-bond donors (Lipinski definition) is 2. The molecule has 0 saturated carbocycles. The maximum Gasteiger partial charge on any atom is 0.164 e. The molecular weight excluding hydrogens is 318 g/mol. The van der Waals surface area contributed by atoms with Crippen molar-refractivity contribution >= 4 is 22.5 Å². The Morgan fingerprint density at radius 2 is 1.96 bits per heavy atom. The first-order valence-corrected chi connectivity index (χ1v) is 8.33. The van der Waals surface area contributed by atoms with E-state index in [-0.39, 0.29) is 0 Å². The summed E-state index contributed by atoms with van der Waals surface area (Å²) in [6.07, 6.45) is 3.98. The molecule has 0 atom stereocenters. The summed E-state index contributed by atoms with van der Waals surface area (Å²) in [5, 5.41) is 0.873. The summed E-state index contributed by atoms with van der Waals surface area (Å²) in [7, 11) is 1.59. The third-order valence-corrected chi connectivity index (χ3v) is 4.68. The standard InChI is InChI=1S/C18H21N5O2/c1-24-15-10-11(2-3-14(15)19)17-21-16(20)13-4-7-23(18(13)22-17)12-5-8-25-9-6-12/h2-4,7,10,12H,5-6,8-9,19H2,1H3,(H2,20,21,22). The van der Waals surface area contributed by atoms with Crippen LogP contribution in [-0.4, -0.2) is 34.9 Å². The van der Waals surface area contributed by atoms with E-state index < -0.39 is 0 Å². The third-order valence-electron chi connectivity index (χ3n) is 4.68. The highest BCUT2D eigenvalue weighted by Crippen LogP contribution is 2.31. The molecule has 2 aromatic heterocycles. The van der Waals surface area contributed by atoms with Crippen LogP contribution >= 0.6 is 0 Å². The first-order chi connectivity index (χ1) is 12.2. The molecule has 0 amide bonds. The zero-order valence-electron chi connectivity index (χ0n) is 14.1. The van der Waals surface area contributed by atoms with Gasteiger partial charge in [0.2, 0.25) is 0 Å². The Bertz CT molecular complexity index is 915. The number of anilines is 2. The Morgan fingerprint density at radius 3 is 2.72 bits per heavy atom. The first kappa shape index (κ1) is 15.7. The molecule has 0 unspecified atom stereocenters. The Hall–Kier alpha value is -2.80. The van der Waals surface area contributed by atoms with Crippen LogP contribution in [0.5, 0.6) is 5.75 Å². The van der Waals surface area contributed by atoms with Gasteiger partial charge in [-0.25, -0.2) is 9.97 Å². The number of methoxy groups -OCH3 is 1. The van der Waals surface area contributed by atoms with Gasteiger partial charge in [0.25, 0.3) is 0 Å². The molecule has 4 N–H and O–H groups in total. The average Bonchev–Trinajstić information content (AvgIpc) is 3.07. The van der Waals surface area contributed by atoms with Crippen molar-refractivity contribution in [3.8, 4) is 17.1 Å². The molecule has 130 valence electrons. The Labute approximate surface area is 145 Å². The van der Waals surface area contributed by atoms with Gasteiger partial charge in [-0.2, -0.15) is 0 Å². The Morgan fingerprint density at radius 1 is 1.16 bits per heavy atom. The van der Waals surface area contributed by atoms with Gasteiger partial charge in [-0.15, -0.1) is 0 Å². The van der Waals surface area contributed by atoms with Crippen LogP contribution in [0.15, 0.2) is 30.5 Å². The summed E-state index contributed by atoms with van der Waals surface area (Å²) < 4.78 is 13.0. The van der Waals surface area contributed by atoms with E-state index in [2.05, 4.69) is 9.55 Å².